The molecule has 1 aliphatic heterocycles. The molecule has 1 saturated heterocycles. The van der Waals surface area contributed by atoms with Crippen LogP contribution < -0.4 is 0 Å². The minimum absolute atomic E-state index is 0.0199. The van der Waals surface area contributed by atoms with E-state index < -0.39 is 24.6 Å². The maximum Gasteiger partial charge on any atom is 0.177 e. The first-order chi connectivity index (χ1) is 9.66. The third-order valence-electron chi connectivity index (χ3n) is 4.68. The Morgan fingerprint density at radius 2 is 1.81 bits per heavy atom. The van der Waals surface area contributed by atoms with Crippen molar-refractivity contribution >= 4 is 0 Å². The summed E-state index contributed by atoms with van der Waals surface area (Å²) in [7, 11) is 0. The van der Waals surface area contributed by atoms with Crippen LogP contribution in [0.5, 0.6) is 0 Å². The third-order valence-corrected chi connectivity index (χ3v) is 4.68. The molecule has 1 fully saturated rings. The van der Waals surface area contributed by atoms with Crippen molar-refractivity contribution in [2.24, 2.45) is 5.41 Å². The van der Waals surface area contributed by atoms with Crippen LogP contribution in [0.3, 0.4) is 0 Å². The van der Waals surface area contributed by atoms with E-state index in [0.29, 0.717) is 0 Å². The summed E-state index contributed by atoms with van der Waals surface area (Å²) in [5.41, 5.74) is 1.19. The lowest BCUT2D eigenvalue weighted by Gasteiger charge is -2.49. The molecule has 4 nitrogen and oxygen atoms in total. The van der Waals surface area contributed by atoms with Gasteiger partial charge in [-0.3, -0.25) is 0 Å². The van der Waals surface area contributed by atoms with E-state index in [0.717, 1.165) is 17.6 Å². The molecule has 0 bridgehead atoms. The SMILES string of the molecule is C=CC1O[C@@H](CC)C(C)(C)[C@H]([C@@H](O)/C(C)=C(\C)[C@H](C)O)O1. The van der Waals surface area contributed by atoms with Crippen molar-refractivity contribution in [3.63, 3.8) is 0 Å². The predicted molar refractivity (Wildman–Crippen MR) is 83.9 cm³/mol. The smallest absolute Gasteiger partial charge is 0.177 e. The van der Waals surface area contributed by atoms with Crippen LogP contribution in [-0.2, 0) is 9.47 Å². The molecule has 1 rings (SSSR count). The highest BCUT2D eigenvalue weighted by atomic mass is 16.7. The summed E-state index contributed by atoms with van der Waals surface area (Å²) in [6.45, 7) is 15.2. The van der Waals surface area contributed by atoms with Crippen LogP contribution in [-0.4, -0.2) is 40.9 Å². The Hall–Kier alpha value is -0.680. The van der Waals surface area contributed by atoms with Crippen molar-refractivity contribution in [2.45, 2.75) is 78.7 Å². The van der Waals surface area contributed by atoms with Gasteiger partial charge in [-0.15, -0.1) is 0 Å². The molecule has 0 aliphatic carbocycles. The van der Waals surface area contributed by atoms with Crippen LogP contribution in [0.15, 0.2) is 23.8 Å². The maximum absolute atomic E-state index is 10.7. The highest BCUT2D eigenvalue weighted by Gasteiger charge is 2.48. The van der Waals surface area contributed by atoms with Crippen LogP contribution in [0.25, 0.3) is 0 Å². The van der Waals surface area contributed by atoms with E-state index in [-0.39, 0.29) is 11.5 Å². The molecule has 122 valence electrons. The number of hydrogen-bond acceptors (Lipinski definition) is 4. The highest BCUT2D eigenvalue weighted by Crippen LogP contribution is 2.41. The summed E-state index contributed by atoms with van der Waals surface area (Å²) in [6, 6.07) is 0. The Labute approximate surface area is 128 Å². The molecule has 0 saturated carbocycles. The van der Waals surface area contributed by atoms with Gasteiger partial charge in [0.1, 0.15) is 6.10 Å². The molecular formula is C17H30O4. The van der Waals surface area contributed by atoms with Gasteiger partial charge in [-0.25, -0.2) is 0 Å². The maximum atomic E-state index is 10.7. The zero-order chi connectivity index (χ0) is 16.4. The minimum Gasteiger partial charge on any atom is -0.389 e. The van der Waals surface area contributed by atoms with Crippen LogP contribution >= 0.6 is 0 Å². The number of aliphatic hydroxyl groups is 2. The average Bonchev–Trinajstić information content (AvgIpc) is 2.44. The molecule has 5 atom stereocenters. The van der Waals surface area contributed by atoms with E-state index in [1.165, 1.54) is 0 Å². The van der Waals surface area contributed by atoms with E-state index in [2.05, 4.69) is 13.5 Å². The molecule has 1 unspecified atom stereocenters. The van der Waals surface area contributed by atoms with E-state index in [9.17, 15) is 10.2 Å². The Bertz CT molecular complexity index is 398. The molecule has 0 spiro atoms. The monoisotopic (exact) mass is 298 g/mol. The summed E-state index contributed by atoms with van der Waals surface area (Å²) in [4.78, 5) is 0. The molecule has 0 amide bonds. The number of aliphatic hydroxyl groups excluding tert-OH is 2. The first kappa shape index (κ1) is 18.4. The average molecular weight is 298 g/mol. The van der Waals surface area contributed by atoms with Crippen LogP contribution in [0, 0.1) is 5.41 Å². The first-order valence-corrected chi connectivity index (χ1v) is 7.63. The molecule has 2 N–H and O–H groups in total. The predicted octanol–water partition coefficient (Wildman–Crippen LogP) is 2.80. The Morgan fingerprint density at radius 1 is 1.24 bits per heavy atom. The molecule has 1 aliphatic rings. The van der Waals surface area contributed by atoms with Gasteiger partial charge in [-0.05, 0) is 44.4 Å². The molecule has 0 radical (unpaired) electrons. The standard InChI is InChI=1S/C17H30O4/c1-8-13-17(6,7)16(21-14(9-2)20-13)15(19)11(4)10(3)12(5)18/h9,12-16,18-19H,2,8H2,1,3-7H3/b11-10+/t12-,13-,14?,15-,16-/m0/s1. The molecule has 0 aromatic carbocycles. The van der Waals surface area contributed by atoms with Gasteiger partial charge < -0.3 is 19.7 Å². The second kappa shape index (κ2) is 7.05. The van der Waals surface area contributed by atoms with Gasteiger partial charge in [-0.1, -0.05) is 27.4 Å². The second-order valence-electron chi connectivity index (χ2n) is 6.50. The van der Waals surface area contributed by atoms with Crippen molar-refractivity contribution in [3.05, 3.63) is 23.8 Å². The van der Waals surface area contributed by atoms with Crippen LogP contribution in [0.1, 0.15) is 48.0 Å². The van der Waals surface area contributed by atoms with Crippen molar-refractivity contribution in [3.8, 4) is 0 Å². The normalized spacial score (nSPS) is 33.0. The number of ether oxygens (including phenoxy) is 2. The van der Waals surface area contributed by atoms with Crippen molar-refractivity contribution in [1.29, 1.82) is 0 Å². The summed E-state index contributed by atoms with van der Waals surface area (Å²) in [5, 5.41) is 20.5. The van der Waals surface area contributed by atoms with Gasteiger partial charge in [0.05, 0.1) is 18.3 Å². The topological polar surface area (TPSA) is 58.9 Å². The summed E-state index contributed by atoms with van der Waals surface area (Å²) < 4.78 is 11.7. The highest BCUT2D eigenvalue weighted by molar-refractivity contribution is 5.20. The fraction of sp³-hybridized carbons (Fsp3) is 0.765. The summed E-state index contributed by atoms with van der Waals surface area (Å²) in [5.74, 6) is 0. The van der Waals surface area contributed by atoms with Gasteiger partial charge in [0.15, 0.2) is 6.29 Å². The molecule has 0 aromatic heterocycles. The third kappa shape index (κ3) is 3.75. The van der Waals surface area contributed by atoms with E-state index >= 15 is 0 Å². The fourth-order valence-electron chi connectivity index (χ4n) is 2.88. The first-order valence-electron chi connectivity index (χ1n) is 7.63. The quantitative estimate of drug-likeness (QED) is 0.766. The number of rotatable bonds is 5. The van der Waals surface area contributed by atoms with Crippen LogP contribution in [0.4, 0.5) is 0 Å². The Morgan fingerprint density at radius 3 is 2.24 bits per heavy atom. The molecule has 0 aromatic rings. The zero-order valence-electron chi connectivity index (χ0n) is 14.1. The fourth-order valence-corrected chi connectivity index (χ4v) is 2.88. The van der Waals surface area contributed by atoms with Crippen LogP contribution in [0.2, 0.25) is 0 Å². The number of hydrogen-bond donors (Lipinski definition) is 2. The van der Waals surface area contributed by atoms with Gasteiger partial charge in [-0.2, -0.15) is 0 Å². The van der Waals surface area contributed by atoms with E-state index in [1.54, 1.807) is 13.0 Å². The van der Waals surface area contributed by atoms with Gasteiger partial charge in [0.2, 0.25) is 0 Å². The molecule has 4 heteroatoms. The minimum atomic E-state index is -0.782. The lowest BCUT2D eigenvalue weighted by atomic mass is 9.74. The summed E-state index contributed by atoms with van der Waals surface area (Å²) >= 11 is 0. The van der Waals surface area contributed by atoms with Crippen molar-refractivity contribution < 1.29 is 19.7 Å². The molecule has 21 heavy (non-hydrogen) atoms. The summed E-state index contributed by atoms with van der Waals surface area (Å²) in [6.07, 6.45) is 0.138. The zero-order valence-corrected chi connectivity index (χ0v) is 14.1. The van der Waals surface area contributed by atoms with E-state index in [1.807, 2.05) is 27.7 Å². The lowest BCUT2D eigenvalue weighted by Crippen LogP contribution is -2.56. The largest absolute Gasteiger partial charge is 0.389 e. The van der Waals surface area contributed by atoms with Gasteiger partial charge >= 0.3 is 0 Å². The lowest BCUT2D eigenvalue weighted by molar-refractivity contribution is -0.289. The van der Waals surface area contributed by atoms with Gasteiger partial charge in [0.25, 0.3) is 0 Å². The second-order valence-corrected chi connectivity index (χ2v) is 6.50. The van der Waals surface area contributed by atoms with Crippen molar-refractivity contribution in [2.75, 3.05) is 0 Å². The van der Waals surface area contributed by atoms with Crippen molar-refractivity contribution in [1.82, 2.24) is 0 Å². The Balaban J connectivity index is 3.12. The Kier molecular flexibility index (Phi) is 6.17. The van der Waals surface area contributed by atoms with Gasteiger partial charge in [0, 0.05) is 5.41 Å². The molecular weight excluding hydrogens is 268 g/mol. The van der Waals surface area contributed by atoms with E-state index in [4.69, 9.17) is 9.47 Å². The molecule has 1 heterocycles.